The summed E-state index contributed by atoms with van der Waals surface area (Å²) in [6, 6.07) is 15.8. The Morgan fingerprint density at radius 2 is 1.71 bits per heavy atom. The normalized spacial score (nSPS) is 11.6. The van der Waals surface area contributed by atoms with Gasteiger partial charge >= 0.3 is 12.0 Å². The van der Waals surface area contributed by atoms with Crippen LogP contribution < -0.4 is 10.6 Å². The molecule has 1 aromatic heterocycles. The molecule has 3 amide bonds. The Balaban J connectivity index is 1.55. The third-order valence-corrected chi connectivity index (χ3v) is 4.21. The van der Waals surface area contributed by atoms with Crippen LogP contribution in [0.1, 0.15) is 28.6 Å². The average Bonchev–Trinajstić information content (AvgIpc) is 3.04. The molecule has 1 heterocycles. The van der Waals surface area contributed by atoms with Crippen molar-refractivity contribution in [1.82, 2.24) is 10.6 Å². The first kappa shape index (κ1) is 19.2. The molecule has 0 saturated carbocycles. The van der Waals surface area contributed by atoms with E-state index in [0.29, 0.717) is 11.1 Å². The molecule has 0 aliphatic rings. The van der Waals surface area contributed by atoms with Crippen LogP contribution in [0, 0.1) is 6.92 Å². The summed E-state index contributed by atoms with van der Waals surface area (Å²) in [6.07, 6.45) is -1.16. The summed E-state index contributed by atoms with van der Waals surface area (Å²) in [5.41, 5.74) is 2.09. The molecule has 0 aliphatic carbocycles. The molecular weight excluding hydrogens is 360 g/mol. The Bertz CT molecular complexity index is 1010. The topological polar surface area (TPSA) is 97.6 Å². The van der Waals surface area contributed by atoms with Crippen LogP contribution in [0.2, 0.25) is 0 Å². The fraction of sp³-hybridized carbons (Fsp3) is 0.190. The number of fused-ring (bicyclic) bond motifs is 1. The molecule has 0 spiro atoms. The Morgan fingerprint density at radius 3 is 2.43 bits per heavy atom. The average molecular weight is 380 g/mol. The second-order valence-electron chi connectivity index (χ2n) is 6.26. The minimum Gasteiger partial charge on any atom is -0.449 e. The standard InChI is InChI=1S/C21H20N2O5/c1-13-16-10-6-7-11-17(16)28-18(13)20(25)27-14(2)19(24)23-21(26)22-12-15-8-4-3-5-9-15/h3-11,14H,12H2,1-2H3,(H2,22,23,24,26)/t14-/m0/s1. The molecule has 1 atom stereocenters. The van der Waals surface area contributed by atoms with Crippen molar-refractivity contribution in [2.45, 2.75) is 26.5 Å². The summed E-state index contributed by atoms with van der Waals surface area (Å²) in [5, 5.41) is 5.52. The van der Waals surface area contributed by atoms with Gasteiger partial charge in [0.05, 0.1) is 0 Å². The number of imide groups is 1. The molecule has 0 saturated heterocycles. The van der Waals surface area contributed by atoms with Crippen LogP contribution in [-0.2, 0) is 16.1 Å². The third-order valence-electron chi connectivity index (χ3n) is 4.21. The lowest BCUT2D eigenvalue weighted by Crippen LogP contribution is -2.44. The van der Waals surface area contributed by atoms with Gasteiger partial charge in [-0.1, -0.05) is 48.5 Å². The molecule has 0 unspecified atom stereocenters. The molecule has 2 aromatic carbocycles. The van der Waals surface area contributed by atoms with Crippen LogP contribution in [0.15, 0.2) is 59.0 Å². The van der Waals surface area contributed by atoms with Crippen LogP contribution >= 0.6 is 0 Å². The number of para-hydroxylation sites is 1. The van der Waals surface area contributed by atoms with E-state index < -0.39 is 24.0 Å². The first-order chi connectivity index (χ1) is 13.5. The van der Waals surface area contributed by atoms with Gasteiger partial charge in [0.1, 0.15) is 5.58 Å². The number of carbonyl (C=O) groups is 3. The predicted molar refractivity (Wildman–Crippen MR) is 103 cm³/mol. The predicted octanol–water partition coefficient (Wildman–Crippen LogP) is 3.31. The number of carbonyl (C=O) groups excluding carboxylic acids is 3. The Labute approximate surface area is 161 Å². The molecule has 7 heteroatoms. The number of benzene rings is 2. The fourth-order valence-corrected chi connectivity index (χ4v) is 2.67. The van der Waals surface area contributed by atoms with Gasteiger partial charge in [-0.15, -0.1) is 0 Å². The van der Waals surface area contributed by atoms with Gasteiger partial charge in [0.25, 0.3) is 5.91 Å². The van der Waals surface area contributed by atoms with Crippen LogP contribution in [0.25, 0.3) is 11.0 Å². The van der Waals surface area contributed by atoms with Crippen molar-refractivity contribution in [2.24, 2.45) is 0 Å². The number of urea groups is 1. The van der Waals surface area contributed by atoms with Gasteiger partial charge < -0.3 is 14.5 Å². The minimum atomic E-state index is -1.16. The van der Waals surface area contributed by atoms with E-state index in [4.69, 9.17) is 9.15 Å². The molecule has 3 aromatic rings. The quantitative estimate of drug-likeness (QED) is 0.662. The number of rotatable bonds is 5. The van der Waals surface area contributed by atoms with Gasteiger partial charge in [-0.2, -0.15) is 0 Å². The monoisotopic (exact) mass is 380 g/mol. The van der Waals surface area contributed by atoms with Crippen LogP contribution in [-0.4, -0.2) is 24.0 Å². The van der Waals surface area contributed by atoms with Gasteiger partial charge in [-0.05, 0) is 25.5 Å². The summed E-state index contributed by atoms with van der Waals surface area (Å²) in [4.78, 5) is 36.3. The SMILES string of the molecule is Cc1c(C(=O)O[C@@H](C)C(=O)NC(=O)NCc2ccccc2)oc2ccccc12. The van der Waals surface area contributed by atoms with E-state index in [9.17, 15) is 14.4 Å². The second-order valence-corrected chi connectivity index (χ2v) is 6.26. The molecule has 0 bridgehead atoms. The van der Waals surface area contributed by atoms with Crippen molar-refractivity contribution in [1.29, 1.82) is 0 Å². The number of hydrogen-bond acceptors (Lipinski definition) is 5. The summed E-state index contributed by atoms with van der Waals surface area (Å²) >= 11 is 0. The Morgan fingerprint density at radius 1 is 1.04 bits per heavy atom. The maximum atomic E-state index is 12.3. The van der Waals surface area contributed by atoms with Crippen molar-refractivity contribution in [3.05, 3.63) is 71.5 Å². The number of aryl methyl sites for hydroxylation is 1. The molecule has 0 radical (unpaired) electrons. The maximum absolute atomic E-state index is 12.3. The highest BCUT2D eigenvalue weighted by atomic mass is 16.6. The van der Waals surface area contributed by atoms with Crippen molar-refractivity contribution in [2.75, 3.05) is 0 Å². The van der Waals surface area contributed by atoms with E-state index in [1.165, 1.54) is 6.92 Å². The molecule has 28 heavy (non-hydrogen) atoms. The molecule has 3 rings (SSSR count). The van der Waals surface area contributed by atoms with E-state index in [1.54, 1.807) is 19.1 Å². The molecule has 2 N–H and O–H groups in total. The highest BCUT2D eigenvalue weighted by molar-refractivity contribution is 5.99. The molecule has 0 fully saturated rings. The fourth-order valence-electron chi connectivity index (χ4n) is 2.67. The zero-order chi connectivity index (χ0) is 20.1. The van der Waals surface area contributed by atoms with Gasteiger partial charge in [-0.25, -0.2) is 9.59 Å². The van der Waals surface area contributed by atoms with Crippen LogP contribution in [0.3, 0.4) is 0 Å². The number of ether oxygens (including phenoxy) is 1. The lowest BCUT2D eigenvalue weighted by atomic mass is 10.1. The summed E-state index contributed by atoms with van der Waals surface area (Å²) in [5.74, 6) is -1.46. The van der Waals surface area contributed by atoms with E-state index in [0.717, 1.165) is 10.9 Å². The molecule has 0 aliphatic heterocycles. The number of hydrogen-bond donors (Lipinski definition) is 2. The second kappa shape index (κ2) is 8.39. The van der Waals surface area contributed by atoms with Crippen molar-refractivity contribution < 1.29 is 23.5 Å². The third kappa shape index (κ3) is 4.37. The smallest absolute Gasteiger partial charge is 0.375 e. The van der Waals surface area contributed by atoms with Gasteiger partial charge in [-0.3, -0.25) is 10.1 Å². The first-order valence-electron chi connectivity index (χ1n) is 8.77. The van der Waals surface area contributed by atoms with Gasteiger partial charge in [0.15, 0.2) is 6.10 Å². The molecule has 144 valence electrons. The summed E-state index contributed by atoms with van der Waals surface area (Å²) in [6.45, 7) is 3.40. The highest BCUT2D eigenvalue weighted by Gasteiger charge is 2.25. The Hall–Kier alpha value is -3.61. The summed E-state index contributed by atoms with van der Waals surface area (Å²) in [7, 11) is 0. The Kier molecular flexibility index (Phi) is 5.74. The highest BCUT2D eigenvalue weighted by Crippen LogP contribution is 2.25. The van der Waals surface area contributed by atoms with E-state index >= 15 is 0 Å². The van der Waals surface area contributed by atoms with E-state index in [-0.39, 0.29) is 12.3 Å². The minimum absolute atomic E-state index is 0.0365. The maximum Gasteiger partial charge on any atom is 0.375 e. The number of furan rings is 1. The number of esters is 1. The summed E-state index contributed by atoms with van der Waals surface area (Å²) < 4.78 is 10.7. The van der Waals surface area contributed by atoms with Crippen LogP contribution in [0.5, 0.6) is 0 Å². The number of amides is 3. The van der Waals surface area contributed by atoms with Gasteiger partial charge in [0.2, 0.25) is 5.76 Å². The lowest BCUT2D eigenvalue weighted by Gasteiger charge is -2.13. The van der Waals surface area contributed by atoms with Crippen molar-refractivity contribution >= 4 is 28.9 Å². The zero-order valence-electron chi connectivity index (χ0n) is 15.5. The molecule has 7 nitrogen and oxygen atoms in total. The van der Waals surface area contributed by atoms with E-state index in [1.807, 2.05) is 42.5 Å². The van der Waals surface area contributed by atoms with E-state index in [2.05, 4.69) is 10.6 Å². The van der Waals surface area contributed by atoms with Gasteiger partial charge in [0, 0.05) is 17.5 Å². The van der Waals surface area contributed by atoms with Crippen LogP contribution in [0.4, 0.5) is 4.79 Å². The first-order valence-corrected chi connectivity index (χ1v) is 8.77. The van der Waals surface area contributed by atoms with Crippen molar-refractivity contribution in [3.8, 4) is 0 Å². The largest absolute Gasteiger partial charge is 0.449 e. The molecular formula is C21H20N2O5. The lowest BCUT2D eigenvalue weighted by molar-refractivity contribution is -0.128. The van der Waals surface area contributed by atoms with Crippen molar-refractivity contribution in [3.63, 3.8) is 0 Å². The number of nitrogens with one attached hydrogen (secondary N) is 2. The zero-order valence-corrected chi connectivity index (χ0v) is 15.5.